The molecule has 0 amide bonds. The van der Waals surface area contributed by atoms with E-state index in [4.69, 9.17) is 0 Å². The van der Waals surface area contributed by atoms with Crippen LogP contribution in [0.2, 0.25) is 0 Å². The smallest absolute Gasteiger partial charge is 0.120 e. The molecule has 0 fully saturated rings. The molecule has 0 spiro atoms. The van der Waals surface area contributed by atoms with Crippen molar-refractivity contribution in [3.8, 4) is 11.3 Å². The quantitative estimate of drug-likeness (QED) is 0.852. The van der Waals surface area contributed by atoms with Crippen LogP contribution in [0.4, 0.5) is 0 Å². The van der Waals surface area contributed by atoms with Crippen molar-refractivity contribution in [1.29, 1.82) is 0 Å². The van der Waals surface area contributed by atoms with Crippen LogP contribution in [0.25, 0.3) is 11.3 Å². The van der Waals surface area contributed by atoms with Crippen molar-refractivity contribution in [2.75, 3.05) is 0 Å². The van der Waals surface area contributed by atoms with Gasteiger partial charge in [-0.2, -0.15) is 5.10 Å². The first-order valence-electron chi connectivity index (χ1n) is 7.38. The highest BCUT2D eigenvalue weighted by Crippen LogP contribution is 2.25. The zero-order chi connectivity index (χ0) is 14.7. The molecule has 20 heavy (non-hydrogen) atoms. The number of aryl methyl sites for hydroxylation is 2. The fourth-order valence-electron chi connectivity index (χ4n) is 2.39. The molecule has 0 aliphatic heterocycles. The molecule has 0 aliphatic rings. The molecule has 0 aromatic carbocycles. The second-order valence-electron chi connectivity index (χ2n) is 5.30. The molecule has 110 valence electrons. The predicted octanol–water partition coefficient (Wildman–Crippen LogP) is 2.80. The van der Waals surface area contributed by atoms with E-state index < -0.39 is 0 Å². The van der Waals surface area contributed by atoms with Crippen LogP contribution in [0, 0.1) is 13.8 Å². The van der Waals surface area contributed by atoms with E-state index in [0.717, 1.165) is 36.7 Å². The van der Waals surface area contributed by atoms with Crippen LogP contribution in [0.1, 0.15) is 44.4 Å². The number of aromatic nitrogens is 4. The molecule has 5 heteroatoms. The number of nitrogens with zero attached hydrogens (tertiary/aromatic N) is 3. The van der Waals surface area contributed by atoms with E-state index >= 15 is 0 Å². The van der Waals surface area contributed by atoms with E-state index in [1.807, 2.05) is 17.8 Å². The lowest BCUT2D eigenvalue weighted by molar-refractivity contribution is 0.525. The Morgan fingerprint density at radius 2 is 2.10 bits per heavy atom. The van der Waals surface area contributed by atoms with E-state index in [2.05, 4.69) is 48.1 Å². The minimum Gasteiger partial charge on any atom is -0.341 e. The summed E-state index contributed by atoms with van der Waals surface area (Å²) in [6.45, 7) is 12.3. The van der Waals surface area contributed by atoms with Crippen molar-refractivity contribution in [3.05, 3.63) is 23.4 Å². The van der Waals surface area contributed by atoms with E-state index in [-0.39, 0.29) is 0 Å². The van der Waals surface area contributed by atoms with Crippen LogP contribution >= 0.6 is 0 Å². The first-order chi connectivity index (χ1) is 9.56. The van der Waals surface area contributed by atoms with Crippen LogP contribution in [0.5, 0.6) is 0 Å². The number of hydrogen-bond donors (Lipinski definition) is 2. The maximum absolute atomic E-state index is 4.56. The maximum Gasteiger partial charge on any atom is 0.120 e. The monoisotopic (exact) mass is 275 g/mol. The van der Waals surface area contributed by atoms with Gasteiger partial charge in [0.1, 0.15) is 5.82 Å². The summed E-state index contributed by atoms with van der Waals surface area (Å²) in [6.07, 6.45) is 3.03. The van der Waals surface area contributed by atoms with Crippen molar-refractivity contribution >= 4 is 0 Å². The molecular formula is C15H25N5. The van der Waals surface area contributed by atoms with Crippen LogP contribution in [-0.4, -0.2) is 25.8 Å². The van der Waals surface area contributed by atoms with Crippen molar-refractivity contribution < 1.29 is 0 Å². The molecule has 2 rings (SSSR count). The second-order valence-corrected chi connectivity index (χ2v) is 5.30. The molecule has 0 radical (unpaired) electrons. The molecule has 0 bridgehead atoms. The lowest BCUT2D eigenvalue weighted by Crippen LogP contribution is -2.24. The molecule has 0 saturated carbocycles. The summed E-state index contributed by atoms with van der Waals surface area (Å²) in [4.78, 5) is 7.86. The van der Waals surface area contributed by atoms with Gasteiger partial charge >= 0.3 is 0 Å². The normalized spacial score (nSPS) is 12.8. The van der Waals surface area contributed by atoms with Crippen LogP contribution in [0.3, 0.4) is 0 Å². The largest absolute Gasteiger partial charge is 0.341 e. The van der Waals surface area contributed by atoms with Crippen molar-refractivity contribution in [2.45, 2.75) is 60.2 Å². The number of H-pyrrole nitrogens is 1. The van der Waals surface area contributed by atoms with E-state index in [1.165, 1.54) is 11.3 Å². The minimum absolute atomic E-state index is 0.509. The topological polar surface area (TPSA) is 58.5 Å². The number of imidazole rings is 1. The van der Waals surface area contributed by atoms with Gasteiger partial charge in [-0.15, -0.1) is 0 Å². The lowest BCUT2D eigenvalue weighted by atomic mass is 10.1. The second kappa shape index (κ2) is 6.22. The van der Waals surface area contributed by atoms with Gasteiger partial charge in [0.25, 0.3) is 0 Å². The van der Waals surface area contributed by atoms with Crippen molar-refractivity contribution in [3.63, 3.8) is 0 Å². The summed E-state index contributed by atoms with van der Waals surface area (Å²) < 4.78 is 2.03. The summed E-state index contributed by atoms with van der Waals surface area (Å²) in [5.74, 6) is 0.975. The first-order valence-corrected chi connectivity index (χ1v) is 7.38. The summed E-state index contributed by atoms with van der Waals surface area (Å²) in [6, 6.07) is 0.509. The first kappa shape index (κ1) is 14.8. The number of hydrogen-bond acceptors (Lipinski definition) is 3. The molecule has 5 nitrogen and oxygen atoms in total. The fourth-order valence-corrected chi connectivity index (χ4v) is 2.39. The fraction of sp³-hybridized carbons (Fsp3) is 0.600. The van der Waals surface area contributed by atoms with Gasteiger partial charge in [0.2, 0.25) is 0 Å². The third-order valence-corrected chi connectivity index (χ3v) is 3.81. The molecule has 1 atom stereocenters. The Kier molecular flexibility index (Phi) is 4.60. The Labute approximate surface area is 120 Å². The third-order valence-electron chi connectivity index (χ3n) is 3.81. The molecule has 2 N–H and O–H groups in total. The Hall–Kier alpha value is -1.62. The lowest BCUT2D eigenvalue weighted by Gasteiger charge is -2.08. The molecule has 2 heterocycles. The van der Waals surface area contributed by atoms with E-state index in [1.54, 1.807) is 0 Å². The highest BCUT2D eigenvalue weighted by atomic mass is 15.3. The van der Waals surface area contributed by atoms with Gasteiger partial charge < -0.3 is 10.3 Å². The van der Waals surface area contributed by atoms with Gasteiger partial charge in [-0.1, -0.05) is 6.92 Å². The third kappa shape index (κ3) is 2.93. The van der Waals surface area contributed by atoms with Crippen molar-refractivity contribution in [2.24, 2.45) is 0 Å². The summed E-state index contributed by atoms with van der Waals surface area (Å²) in [5, 5.41) is 8.00. The summed E-state index contributed by atoms with van der Waals surface area (Å²) in [5.41, 5.74) is 4.47. The predicted molar refractivity (Wildman–Crippen MR) is 81.5 cm³/mol. The van der Waals surface area contributed by atoms with Crippen LogP contribution < -0.4 is 5.32 Å². The van der Waals surface area contributed by atoms with Gasteiger partial charge in [0.15, 0.2) is 0 Å². The molecule has 2 aromatic heterocycles. The maximum atomic E-state index is 4.56. The average molecular weight is 275 g/mol. The van der Waals surface area contributed by atoms with E-state index in [0.29, 0.717) is 6.04 Å². The Bertz CT molecular complexity index is 567. The molecule has 1 unspecified atom stereocenters. The van der Waals surface area contributed by atoms with Gasteiger partial charge in [0, 0.05) is 23.8 Å². The number of rotatable bonds is 6. The van der Waals surface area contributed by atoms with Crippen LogP contribution in [0.15, 0.2) is 6.20 Å². The minimum atomic E-state index is 0.509. The average Bonchev–Trinajstić information content (AvgIpc) is 3.00. The van der Waals surface area contributed by atoms with Crippen LogP contribution in [-0.2, 0) is 13.1 Å². The summed E-state index contributed by atoms with van der Waals surface area (Å²) in [7, 11) is 0. The van der Waals surface area contributed by atoms with Gasteiger partial charge in [-0.3, -0.25) is 4.68 Å². The molecule has 0 saturated heterocycles. The van der Waals surface area contributed by atoms with Crippen molar-refractivity contribution in [1.82, 2.24) is 25.1 Å². The zero-order valence-corrected chi connectivity index (χ0v) is 13.1. The zero-order valence-electron chi connectivity index (χ0n) is 13.1. The highest BCUT2D eigenvalue weighted by molar-refractivity contribution is 5.64. The Balaban J connectivity index is 2.18. The molecule has 0 aliphatic carbocycles. The highest BCUT2D eigenvalue weighted by Gasteiger charge is 2.14. The van der Waals surface area contributed by atoms with Gasteiger partial charge in [-0.25, -0.2) is 4.98 Å². The Morgan fingerprint density at radius 3 is 2.70 bits per heavy atom. The number of aromatic amines is 1. The number of nitrogens with one attached hydrogen (secondary N) is 2. The van der Waals surface area contributed by atoms with Gasteiger partial charge in [-0.05, 0) is 34.1 Å². The Morgan fingerprint density at radius 1 is 1.35 bits per heavy atom. The summed E-state index contributed by atoms with van der Waals surface area (Å²) >= 11 is 0. The molecular weight excluding hydrogens is 250 g/mol. The van der Waals surface area contributed by atoms with Gasteiger partial charge in [0.05, 0.1) is 24.1 Å². The molecule has 2 aromatic rings. The standard InChI is InChI=1S/C15H25N5/c1-6-10(3)16-9-14-17-8-13(18-14)15-11(4)19-20(7-2)12(15)5/h8,10,16H,6-7,9H2,1-5H3,(H,17,18). The SMILES string of the molecule is CCC(C)NCc1ncc(-c2c(C)nn(CC)c2C)[nH]1. The van der Waals surface area contributed by atoms with E-state index in [9.17, 15) is 0 Å².